The van der Waals surface area contributed by atoms with Gasteiger partial charge >= 0.3 is 0 Å². The molecule has 2 heteroatoms. The van der Waals surface area contributed by atoms with Crippen LogP contribution in [0.3, 0.4) is 0 Å². The number of hydrogen-bond acceptors (Lipinski definition) is 1. The zero-order valence-electron chi connectivity index (χ0n) is 33.2. The lowest BCUT2D eigenvalue weighted by Gasteiger charge is -2.30. The van der Waals surface area contributed by atoms with E-state index in [0.717, 1.165) is 22.7 Å². The van der Waals surface area contributed by atoms with Crippen molar-refractivity contribution in [3.63, 3.8) is 0 Å². The van der Waals surface area contributed by atoms with Gasteiger partial charge in [-0.2, -0.15) is 0 Å². The molecule has 2 nitrogen and oxygen atoms in total. The van der Waals surface area contributed by atoms with Crippen LogP contribution in [0.25, 0.3) is 72.0 Å². The maximum atomic E-state index is 2.47. The molecule has 0 unspecified atom stereocenters. The highest BCUT2D eigenvalue weighted by molar-refractivity contribution is 6.09. The number of benzene rings is 9. The zero-order valence-corrected chi connectivity index (χ0v) is 33.2. The van der Waals surface area contributed by atoms with Gasteiger partial charge < -0.3 is 9.47 Å². The molecule has 0 fully saturated rings. The molecule has 0 atom stereocenters. The molecule has 1 aliphatic carbocycles. The molecule has 1 heterocycles. The van der Waals surface area contributed by atoms with E-state index in [9.17, 15) is 0 Å². The fraction of sp³-hybridized carbons (Fsp3) is 0.0526. The molecule has 1 aromatic heterocycles. The largest absolute Gasteiger partial charge is 0.310 e. The third-order valence-corrected chi connectivity index (χ3v) is 12.4. The monoisotopic (exact) mass is 754 g/mol. The first-order valence-corrected chi connectivity index (χ1v) is 20.5. The molecule has 0 saturated carbocycles. The molecule has 0 saturated heterocycles. The summed E-state index contributed by atoms with van der Waals surface area (Å²) >= 11 is 0. The standard InChI is InChI=1S/C57H42N2/c1-57(2)51-30-13-9-28-49(51)56-48(29-18-31-52(56)57)47-27-12-14-32-53(47)58(43-35-36-44(39-19-5-3-6-20-39)50(38-43)40-21-7-4-8-22-40)41-23-17-24-42(37-41)59-54-33-15-10-25-45(54)46-26-11-16-34-55(46)59/h3-38H,1-2H3. The Kier molecular flexibility index (Phi) is 8.20. The molecule has 280 valence electrons. The second kappa shape index (κ2) is 13.9. The summed E-state index contributed by atoms with van der Waals surface area (Å²) in [5, 5.41) is 2.50. The number of rotatable bonds is 7. The average molecular weight is 755 g/mol. The van der Waals surface area contributed by atoms with E-state index in [2.05, 4.69) is 242 Å². The molecule has 0 amide bonds. The van der Waals surface area contributed by atoms with Gasteiger partial charge in [0.25, 0.3) is 0 Å². The highest BCUT2D eigenvalue weighted by atomic mass is 15.1. The van der Waals surface area contributed by atoms with Crippen LogP contribution in [-0.4, -0.2) is 4.57 Å². The van der Waals surface area contributed by atoms with Gasteiger partial charge in [-0.15, -0.1) is 0 Å². The summed E-state index contributed by atoms with van der Waals surface area (Å²) in [4.78, 5) is 2.47. The van der Waals surface area contributed by atoms with Crippen LogP contribution in [0.15, 0.2) is 218 Å². The third-order valence-electron chi connectivity index (χ3n) is 12.4. The Morgan fingerprint density at radius 3 is 1.64 bits per heavy atom. The fourth-order valence-corrected chi connectivity index (χ4v) is 9.67. The van der Waals surface area contributed by atoms with Crippen molar-refractivity contribution >= 4 is 38.9 Å². The van der Waals surface area contributed by atoms with E-state index in [1.54, 1.807) is 0 Å². The Balaban J connectivity index is 1.18. The van der Waals surface area contributed by atoms with Crippen molar-refractivity contribution in [2.24, 2.45) is 0 Å². The van der Waals surface area contributed by atoms with Crippen molar-refractivity contribution in [1.29, 1.82) is 0 Å². The van der Waals surface area contributed by atoms with Crippen molar-refractivity contribution in [3.05, 3.63) is 230 Å². The maximum absolute atomic E-state index is 2.47. The van der Waals surface area contributed by atoms with Gasteiger partial charge in [0.15, 0.2) is 0 Å². The van der Waals surface area contributed by atoms with E-state index in [0.29, 0.717) is 0 Å². The van der Waals surface area contributed by atoms with Gasteiger partial charge in [-0.05, 0) is 98.6 Å². The van der Waals surface area contributed by atoms with Crippen molar-refractivity contribution in [2.45, 2.75) is 19.3 Å². The van der Waals surface area contributed by atoms with Crippen LogP contribution < -0.4 is 4.90 Å². The number of nitrogens with zero attached hydrogens (tertiary/aromatic N) is 2. The second-order valence-electron chi connectivity index (χ2n) is 16.1. The summed E-state index contributed by atoms with van der Waals surface area (Å²) in [6, 6.07) is 79.9. The summed E-state index contributed by atoms with van der Waals surface area (Å²) in [6.07, 6.45) is 0. The van der Waals surface area contributed by atoms with Crippen LogP contribution >= 0.6 is 0 Å². The molecule has 0 N–H and O–H groups in total. The molecular formula is C57H42N2. The first kappa shape index (κ1) is 34.8. The first-order chi connectivity index (χ1) is 29.1. The number of hydrogen-bond donors (Lipinski definition) is 0. The average Bonchev–Trinajstić information content (AvgIpc) is 3.76. The van der Waals surface area contributed by atoms with Crippen LogP contribution in [-0.2, 0) is 5.41 Å². The Hall–Kier alpha value is -7.42. The molecule has 0 radical (unpaired) electrons. The fourth-order valence-electron chi connectivity index (χ4n) is 9.67. The van der Waals surface area contributed by atoms with E-state index in [-0.39, 0.29) is 5.41 Å². The maximum Gasteiger partial charge on any atom is 0.0541 e. The molecule has 1 aliphatic rings. The highest BCUT2D eigenvalue weighted by Gasteiger charge is 2.37. The van der Waals surface area contributed by atoms with Crippen LogP contribution in [0.1, 0.15) is 25.0 Å². The molecule has 11 rings (SSSR count). The van der Waals surface area contributed by atoms with Crippen molar-refractivity contribution in [2.75, 3.05) is 4.90 Å². The van der Waals surface area contributed by atoms with E-state index in [4.69, 9.17) is 0 Å². The van der Waals surface area contributed by atoms with Crippen LogP contribution in [0.2, 0.25) is 0 Å². The van der Waals surface area contributed by atoms with Crippen molar-refractivity contribution < 1.29 is 0 Å². The number of para-hydroxylation sites is 3. The van der Waals surface area contributed by atoms with E-state index < -0.39 is 0 Å². The minimum Gasteiger partial charge on any atom is -0.310 e. The Labute approximate surface area is 345 Å². The van der Waals surface area contributed by atoms with Crippen molar-refractivity contribution in [1.82, 2.24) is 4.57 Å². The van der Waals surface area contributed by atoms with E-state index in [1.807, 2.05) is 0 Å². The van der Waals surface area contributed by atoms with Gasteiger partial charge in [0.1, 0.15) is 0 Å². The second-order valence-corrected chi connectivity index (χ2v) is 16.1. The molecule has 0 spiro atoms. The van der Waals surface area contributed by atoms with Crippen LogP contribution in [0.5, 0.6) is 0 Å². The van der Waals surface area contributed by atoms with E-state index >= 15 is 0 Å². The number of anilines is 3. The summed E-state index contributed by atoms with van der Waals surface area (Å²) in [5.41, 5.74) is 19.2. The van der Waals surface area contributed by atoms with E-state index in [1.165, 1.54) is 77.4 Å². The first-order valence-electron chi connectivity index (χ1n) is 20.5. The van der Waals surface area contributed by atoms with Crippen LogP contribution in [0.4, 0.5) is 17.1 Å². The minimum absolute atomic E-state index is 0.106. The topological polar surface area (TPSA) is 8.17 Å². The summed E-state index contributed by atoms with van der Waals surface area (Å²) in [6.45, 7) is 4.72. The quantitative estimate of drug-likeness (QED) is 0.157. The Bertz CT molecular complexity index is 3140. The zero-order chi connectivity index (χ0) is 39.5. The third kappa shape index (κ3) is 5.63. The van der Waals surface area contributed by atoms with Gasteiger partial charge in [-0.1, -0.05) is 184 Å². The molecular weight excluding hydrogens is 713 g/mol. The normalized spacial score (nSPS) is 12.7. The summed E-state index contributed by atoms with van der Waals surface area (Å²) in [5.74, 6) is 0. The van der Waals surface area contributed by atoms with Crippen LogP contribution in [0, 0.1) is 0 Å². The summed E-state index contributed by atoms with van der Waals surface area (Å²) < 4.78 is 2.41. The lowest BCUT2D eigenvalue weighted by molar-refractivity contribution is 0.660. The SMILES string of the molecule is CC1(C)c2ccccc2-c2c(-c3ccccc3N(c3cccc(-n4c5ccccc5c5ccccc54)c3)c3ccc(-c4ccccc4)c(-c4ccccc4)c3)cccc21. The Morgan fingerprint density at radius 1 is 0.373 bits per heavy atom. The van der Waals surface area contributed by atoms with Gasteiger partial charge in [0.2, 0.25) is 0 Å². The van der Waals surface area contributed by atoms with Gasteiger partial charge in [-0.3, -0.25) is 0 Å². The molecule has 0 bridgehead atoms. The number of aromatic nitrogens is 1. The predicted molar refractivity (Wildman–Crippen MR) is 249 cm³/mol. The molecule has 9 aromatic carbocycles. The van der Waals surface area contributed by atoms with Crippen molar-refractivity contribution in [3.8, 4) is 50.2 Å². The molecule has 59 heavy (non-hydrogen) atoms. The van der Waals surface area contributed by atoms with Gasteiger partial charge in [-0.25, -0.2) is 0 Å². The molecule has 10 aromatic rings. The highest BCUT2D eigenvalue weighted by Crippen LogP contribution is 2.54. The van der Waals surface area contributed by atoms with Gasteiger partial charge in [0, 0.05) is 38.8 Å². The lowest BCUT2D eigenvalue weighted by atomic mass is 9.82. The molecule has 0 aliphatic heterocycles. The van der Waals surface area contributed by atoms with Gasteiger partial charge in [0.05, 0.1) is 16.7 Å². The minimum atomic E-state index is -0.106. The Morgan fingerprint density at radius 2 is 0.915 bits per heavy atom. The number of fused-ring (bicyclic) bond motifs is 6. The smallest absolute Gasteiger partial charge is 0.0541 e. The summed E-state index contributed by atoms with van der Waals surface area (Å²) in [7, 11) is 0. The predicted octanol–water partition coefficient (Wildman–Crippen LogP) is 15.6. The lowest BCUT2D eigenvalue weighted by Crippen LogP contribution is -2.15.